The van der Waals surface area contributed by atoms with E-state index < -0.39 is 24.1 Å². The van der Waals surface area contributed by atoms with E-state index in [4.69, 9.17) is 18.9 Å². The molecular formula is C32H34O8. The van der Waals surface area contributed by atoms with Gasteiger partial charge in [0.25, 0.3) is 0 Å². The van der Waals surface area contributed by atoms with Crippen molar-refractivity contribution in [1.82, 2.24) is 0 Å². The molecule has 8 nitrogen and oxygen atoms in total. The molecule has 210 valence electrons. The van der Waals surface area contributed by atoms with E-state index in [0.717, 1.165) is 32.7 Å². The smallest absolute Gasteiger partial charge is 0.332 e. The zero-order valence-electron chi connectivity index (χ0n) is 22.7. The minimum absolute atomic E-state index is 0.137. The molecule has 4 rings (SSSR count). The van der Waals surface area contributed by atoms with Gasteiger partial charge in [-0.15, -0.1) is 0 Å². The Morgan fingerprint density at radius 2 is 1.02 bits per heavy atom. The Bertz CT molecular complexity index is 1350. The fourth-order valence-electron chi connectivity index (χ4n) is 4.77. The maximum Gasteiger partial charge on any atom is 0.332 e. The second kappa shape index (κ2) is 13.8. The lowest BCUT2D eigenvalue weighted by Gasteiger charge is -2.21. The summed E-state index contributed by atoms with van der Waals surface area (Å²) in [6.07, 6.45) is -1.55. The van der Waals surface area contributed by atoms with Crippen LogP contribution in [0, 0.1) is 0 Å². The van der Waals surface area contributed by atoms with E-state index in [1.807, 2.05) is 72.8 Å². The number of hydrogen-bond acceptors (Lipinski definition) is 6. The van der Waals surface area contributed by atoms with Crippen molar-refractivity contribution >= 4 is 33.5 Å². The Kier molecular flexibility index (Phi) is 9.94. The van der Waals surface area contributed by atoms with Crippen molar-refractivity contribution < 1.29 is 38.7 Å². The van der Waals surface area contributed by atoms with E-state index in [-0.39, 0.29) is 26.1 Å². The van der Waals surface area contributed by atoms with Gasteiger partial charge in [0.15, 0.2) is 12.2 Å². The highest BCUT2D eigenvalue weighted by atomic mass is 16.5. The Balaban J connectivity index is 1.77. The van der Waals surface area contributed by atoms with Crippen LogP contribution in [0.15, 0.2) is 72.8 Å². The van der Waals surface area contributed by atoms with Gasteiger partial charge in [-0.25, -0.2) is 9.59 Å². The van der Waals surface area contributed by atoms with Crippen molar-refractivity contribution in [1.29, 1.82) is 0 Å². The largest absolute Gasteiger partial charge is 0.493 e. The van der Waals surface area contributed by atoms with Crippen LogP contribution in [0.25, 0.3) is 32.7 Å². The van der Waals surface area contributed by atoms with E-state index in [1.54, 1.807) is 13.8 Å². The van der Waals surface area contributed by atoms with E-state index in [0.29, 0.717) is 24.7 Å². The minimum atomic E-state index is -1.03. The lowest BCUT2D eigenvalue weighted by Crippen LogP contribution is -2.26. The van der Waals surface area contributed by atoms with Crippen LogP contribution in [0.4, 0.5) is 0 Å². The fraction of sp³-hybridized carbons (Fsp3) is 0.312. The second-order valence-corrected chi connectivity index (χ2v) is 9.16. The van der Waals surface area contributed by atoms with Crippen molar-refractivity contribution in [2.45, 2.75) is 38.9 Å². The normalized spacial score (nSPS) is 12.8. The molecule has 0 radical (unpaired) electrons. The van der Waals surface area contributed by atoms with E-state index in [1.165, 1.54) is 0 Å². The van der Waals surface area contributed by atoms with Gasteiger partial charge in [0.1, 0.15) is 11.5 Å². The lowest BCUT2D eigenvalue weighted by molar-refractivity contribution is -0.151. The Hall–Kier alpha value is -4.14. The van der Waals surface area contributed by atoms with Crippen molar-refractivity contribution in [3.05, 3.63) is 72.8 Å². The lowest BCUT2D eigenvalue weighted by atomic mass is 9.92. The summed E-state index contributed by atoms with van der Waals surface area (Å²) < 4.78 is 23.2. The zero-order valence-corrected chi connectivity index (χ0v) is 22.7. The van der Waals surface area contributed by atoms with E-state index in [2.05, 4.69) is 0 Å². The topological polar surface area (TPSA) is 112 Å². The molecule has 0 spiro atoms. The van der Waals surface area contributed by atoms with Crippen LogP contribution in [-0.2, 0) is 19.1 Å². The van der Waals surface area contributed by atoms with Crippen LogP contribution in [0.2, 0.25) is 0 Å². The molecule has 0 heterocycles. The molecule has 0 bridgehead atoms. The third kappa shape index (κ3) is 6.70. The van der Waals surface area contributed by atoms with Gasteiger partial charge in [0.2, 0.25) is 0 Å². The summed E-state index contributed by atoms with van der Waals surface area (Å²) in [6.45, 7) is 4.37. The summed E-state index contributed by atoms with van der Waals surface area (Å²) in [5, 5.41) is 22.8. The first kappa shape index (κ1) is 28.9. The van der Waals surface area contributed by atoms with Crippen LogP contribution in [0.5, 0.6) is 11.5 Å². The van der Waals surface area contributed by atoms with Crippen LogP contribution in [0.1, 0.15) is 26.7 Å². The summed E-state index contributed by atoms with van der Waals surface area (Å²) in [4.78, 5) is 23.1. The van der Waals surface area contributed by atoms with Gasteiger partial charge >= 0.3 is 11.9 Å². The van der Waals surface area contributed by atoms with Crippen LogP contribution in [-0.4, -0.2) is 60.8 Å². The highest BCUT2D eigenvalue weighted by Crippen LogP contribution is 2.45. The van der Waals surface area contributed by atoms with E-state index in [9.17, 15) is 19.8 Å². The standard InChI is InChI=1S/C32H34O8/c1-3-37-27(31(33)34)17-19-39-25-15-13-21-9-5-7-11-23(21)29(25)30-24-12-8-6-10-22(24)14-16-26(30)40-20-18-28(32(35)36)38-4-2/h5-16,27-28H,3-4,17-20H2,1-2H3,(H,33,34)(H,35,36). The maximum absolute atomic E-state index is 11.6. The van der Waals surface area contributed by atoms with Crippen molar-refractivity contribution in [3.8, 4) is 22.6 Å². The molecule has 0 saturated carbocycles. The second-order valence-electron chi connectivity index (χ2n) is 9.16. The Labute approximate surface area is 233 Å². The average molecular weight is 547 g/mol. The van der Waals surface area contributed by atoms with E-state index >= 15 is 0 Å². The molecule has 0 fully saturated rings. The summed E-state index contributed by atoms with van der Waals surface area (Å²) in [7, 11) is 0. The molecule has 0 aromatic heterocycles. The van der Waals surface area contributed by atoms with Gasteiger partial charge < -0.3 is 29.2 Å². The average Bonchev–Trinajstić information content (AvgIpc) is 2.96. The highest BCUT2D eigenvalue weighted by Gasteiger charge is 2.22. The molecule has 4 aromatic carbocycles. The van der Waals surface area contributed by atoms with Crippen LogP contribution in [0.3, 0.4) is 0 Å². The molecule has 4 aromatic rings. The first-order valence-electron chi connectivity index (χ1n) is 13.4. The monoisotopic (exact) mass is 546 g/mol. The molecule has 2 N–H and O–H groups in total. The van der Waals surface area contributed by atoms with Gasteiger partial charge in [-0.05, 0) is 47.5 Å². The fourth-order valence-corrected chi connectivity index (χ4v) is 4.77. The zero-order chi connectivity index (χ0) is 28.5. The summed E-state index contributed by atoms with van der Waals surface area (Å²) in [5.74, 6) is -0.891. The molecule has 40 heavy (non-hydrogen) atoms. The first-order chi connectivity index (χ1) is 19.4. The number of hydrogen-bond donors (Lipinski definition) is 2. The number of aliphatic carboxylic acids is 2. The number of benzene rings is 4. The molecular weight excluding hydrogens is 512 g/mol. The number of rotatable bonds is 15. The molecule has 0 aliphatic carbocycles. The summed E-state index contributed by atoms with van der Waals surface area (Å²) in [6, 6.07) is 23.6. The molecule has 0 aliphatic heterocycles. The third-order valence-corrected chi connectivity index (χ3v) is 6.59. The van der Waals surface area contributed by atoms with Crippen LogP contribution < -0.4 is 9.47 Å². The molecule has 0 saturated heterocycles. The first-order valence-corrected chi connectivity index (χ1v) is 13.4. The number of ether oxygens (including phenoxy) is 4. The maximum atomic E-state index is 11.6. The van der Waals surface area contributed by atoms with Crippen molar-refractivity contribution in [2.75, 3.05) is 26.4 Å². The van der Waals surface area contributed by atoms with Gasteiger partial charge in [0.05, 0.1) is 13.2 Å². The number of carboxylic acids is 2. The van der Waals surface area contributed by atoms with Crippen molar-refractivity contribution in [2.24, 2.45) is 0 Å². The number of fused-ring (bicyclic) bond motifs is 2. The number of carboxylic acid groups (broad SMARTS) is 2. The van der Waals surface area contributed by atoms with Gasteiger partial charge in [-0.2, -0.15) is 0 Å². The third-order valence-electron chi connectivity index (χ3n) is 6.59. The molecule has 0 aliphatic rings. The summed E-state index contributed by atoms with van der Waals surface area (Å²) in [5.41, 5.74) is 1.63. The van der Waals surface area contributed by atoms with Gasteiger partial charge in [-0.3, -0.25) is 0 Å². The summed E-state index contributed by atoms with van der Waals surface area (Å²) >= 11 is 0. The van der Waals surface area contributed by atoms with Crippen molar-refractivity contribution in [3.63, 3.8) is 0 Å². The molecule has 8 heteroatoms. The Morgan fingerprint density at radius 3 is 1.40 bits per heavy atom. The quantitative estimate of drug-likeness (QED) is 0.182. The van der Waals surface area contributed by atoms with Gasteiger partial charge in [-0.1, -0.05) is 60.7 Å². The molecule has 2 unspecified atom stereocenters. The molecule has 2 atom stereocenters. The number of carbonyl (C=O) groups is 2. The minimum Gasteiger partial charge on any atom is -0.493 e. The Morgan fingerprint density at radius 1 is 0.625 bits per heavy atom. The predicted octanol–water partition coefficient (Wildman–Crippen LogP) is 6.18. The van der Waals surface area contributed by atoms with Gasteiger partial charge in [0, 0.05) is 37.2 Å². The SMILES string of the molecule is CCOC(CCOc1ccc2ccccc2c1-c1c(OCCC(OCC)C(=O)O)ccc2ccccc12)C(=O)O. The predicted molar refractivity (Wildman–Crippen MR) is 153 cm³/mol. The highest BCUT2D eigenvalue weighted by molar-refractivity contribution is 6.09. The van der Waals surface area contributed by atoms with Crippen LogP contribution >= 0.6 is 0 Å². The molecule has 0 amide bonds.